The van der Waals surface area contributed by atoms with E-state index in [4.69, 9.17) is 17.3 Å². The van der Waals surface area contributed by atoms with Gasteiger partial charge in [-0.15, -0.1) is 0 Å². The fourth-order valence-electron chi connectivity index (χ4n) is 2.96. The molecule has 1 aliphatic heterocycles. The highest BCUT2D eigenvalue weighted by Crippen LogP contribution is 2.22. The standard InChI is InChI=1S/C17H24ClN3O2/c1-11-7-8-21(15(9-11)10-19)17(23)12(2)20-16(22)13-3-5-14(18)6-4-13/h3-6,11-12,15H,7-10,19H2,1-2H3,(H,20,22). The Balaban J connectivity index is 1.99. The van der Waals surface area contributed by atoms with Gasteiger partial charge in [0.1, 0.15) is 6.04 Å². The summed E-state index contributed by atoms with van der Waals surface area (Å²) in [5.74, 6) is 0.221. The van der Waals surface area contributed by atoms with E-state index >= 15 is 0 Å². The predicted molar refractivity (Wildman–Crippen MR) is 91.3 cm³/mol. The first kappa shape index (κ1) is 17.8. The van der Waals surface area contributed by atoms with Gasteiger partial charge in [-0.1, -0.05) is 18.5 Å². The van der Waals surface area contributed by atoms with E-state index in [0.717, 1.165) is 12.8 Å². The molecule has 1 heterocycles. The number of nitrogens with zero attached hydrogens (tertiary/aromatic N) is 1. The molecule has 3 atom stereocenters. The van der Waals surface area contributed by atoms with Gasteiger partial charge in [0.25, 0.3) is 5.91 Å². The Hall–Kier alpha value is -1.59. The van der Waals surface area contributed by atoms with Gasteiger partial charge in [0.2, 0.25) is 5.91 Å². The van der Waals surface area contributed by atoms with Crippen LogP contribution in [0.2, 0.25) is 5.02 Å². The van der Waals surface area contributed by atoms with E-state index in [0.29, 0.717) is 29.6 Å². The highest BCUT2D eigenvalue weighted by Gasteiger charge is 2.31. The topological polar surface area (TPSA) is 75.4 Å². The van der Waals surface area contributed by atoms with Crippen molar-refractivity contribution in [3.63, 3.8) is 0 Å². The Labute approximate surface area is 142 Å². The van der Waals surface area contributed by atoms with E-state index in [1.165, 1.54) is 0 Å². The zero-order valence-corrected chi connectivity index (χ0v) is 14.3. The number of amides is 2. The molecule has 0 saturated carbocycles. The van der Waals surface area contributed by atoms with Crippen LogP contribution in [-0.2, 0) is 4.79 Å². The molecule has 126 valence electrons. The minimum absolute atomic E-state index is 0.0566. The molecule has 0 bridgehead atoms. The predicted octanol–water partition coefficient (Wildman–Crippen LogP) is 2.04. The van der Waals surface area contributed by atoms with Crippen LogP contribution >= 0.6 is 11.6 Å². The Morgan fingerprint density at radius 2 is 2.04 bits per heavy atom. The third-order valence-corrected chi connectivity index (χ3v) is 4.61. The van der Waals surface area contributed by atoms with Crippen molar-refractivity contribution in [2.75, 3.05) is 13.1 Å². The Kier molecular flexibility index (Phi) is 6.02. The summed E-state index contributed by atoms with van der Waals surface area (Å²) >= 11 is 5.81. The molecule has 3 unspecified atom stereocenters. The summed E-state index contributed by atoms with van der Waals surface area (Å²) in [6.07, 6.45) is 1.89. The molecule has 0 radical (unpaired) electrons. The van der Waals surface area contributed by atoms with Crippen molar-refractivity contribution in [2.24, 2.45) is 11.7 Å². The van der Waals surface area contributed by atoms with Gasteiger partial charge < -0.3 is 16.0 Å². The minimum Gasteiger partial charge on any atom is -0.341 e. The third-order valence-electron chi connectivity index (χ3n) is 4.36. The smallest absolute Gasteiger partial charge is 0.251 e. The van der Waals surface area contributed by atoms with Crippen molar-refractivity contribution in [2.45, 2.75) is 38.8 Å². The fraction of sp³-hybridized carbons (Fsp3) is 0.529. The highest BCUT2D eigenvalue weighted by molar-refractivity contribution is 6.30. The molecular formula is C17H24ClN3O2. The quantitative estimate of drug-likeness (QED) is 0.882. The molecule has 3 N–H and O–H groups in total. The molecule has 1 aromatic carbocycles. The summed E-state index contributed by atoms with van der Waals surface area (Å²) in [5.41, 5.74) is 6.29. The lowest BCUT2D eigenvalue weighted by Gasteiger charge is -2.39. The largest absolute Gasteiger partial charge is 0.341 e. The average Bonchev–Trinajstić information content (AvgIpc) is 2.54. The van der Waals surface area contributed by atoms with Crippen molar-refractivity contribution < 1.29 is 9.59 Å². The lowest BCUT2D eigenvalue weighted by Crippen LogP contribution is -2.55. The van der Waals surface area contributed by atoms with Crippen LogP contribution in [0.1, 0.15) is 37.0 Å². The molecule has 0 spiro atoms. The maximum atomic E-state index is 12.6. The molecule has 1 aromatic rings. The third kappa shape index (κ3) is 4.45. The van der Waals surface area contributed by atoms with Gasteiger partial charge in [-0.25, -0.2) is 0 Å². The van der Waals surface area contributed by atoms with Gasteiger partial charge in [0.05, 0.1) is 0 Å². The van der Waals surface area contributed by atoms with Gasteiger partial charge >= 0.3 is 0 Å². The second-order valence-corrected chi connectivity index (χ2v) is 6.69. The van der Waals surface area contributed by atoms with Gasteiger partial charge in [-0.3, -0.25) is 9.59 Å². The van der Waals surface area contributed by atoms with E-state index in [1.807, 2.05) is 4.90 Å². The van der Waals surface area contributed by atoms with Crippen molar-refractivity contribution in [1.82, 2.24) is 10.2 Å². The summed E-state index contributed by atoms with van der Waals surface area (Å²) in [4.78, 5) is 26.6. The van der Waals surface area contributed by atoms with Gasteiger partial charge in [-0.2, -0.15) is 0 Å². The number of nitrogens with two attached hydrogens (primary N) is 1. The van der Waals surface area contributed by atoms with Gasteiger partial charge in [0.15, 0.2) is 0 Å². The molecule has 2 rings (SSSR count). The van der Waals surface area contributed by atoms with Gasteiger partial charge in [-0.05, 0) is 49.9 Å². The maximum Gasteiger partial charge on any atom is 0.251 e. The average molecular weight is 338 g/mol. The number of carbonyl (C=O) groups is 2. The number of nitrogens with one attached hydrogen (secondary N) is 1. The number of carbonyl (C=O) groups excluding carboxylic acids is 2. The lowest BCUT2D eigenvalue weighted by atomic mass is 9.92. The summed E-state index contributed by atoms with van der Waals surface area (Å²) in [6, 6.07) is 6.06. The van der Waals surface area contributed by atoms with E-state index in [-0.39, 0.29) is 17.9 Å². The number of benzene rings is 1. The minimum atomic E-state index is -0.583. The van der Waals surface area contributed by atoms with Crippen LogP contribution in [0.25, 0.3) is 0 Å². The van der Waals surface area contributed by atoms with Crippen LogP contribution < -0.4 is 11.1 Å². The second-order valence-electron chi connectivity index (χ2n) is 6.25. The summed E-state index contributed by atoms with van der Waals surface area (Å²) in [5, 5.41) is 3.32. The van der Waals surface area contributed by atoms with Crippen molar-refractivity contribution in [1.29, 1.82) is 0 Å². The van der Waals surface area contributed by atoms with Crippen LogP contribution in [0, 0.1) is 5.92 Å². The first-order chi connectivity index (χ1) is 10.9. The Bertz CT molecular complexity index is 561. The monoisotopic (exact) mass is 337 g/mol. The van der Waals surface area contributed by atoms with Crippen molar-refractivity contribution in [3.05, 3.63) is 34.9 Å². The van der Waals surface area contributed by atoms with Crippen LogP contribution in [-0.4, -0.2) is 41.9 Å². The number of likely N-dealkylation sites (tertiary alicyclic amines) is 1. The molecule has 6 heteroatoms. The first-order valence-electron chi connectivity index (χ1n) is 7.99. The van der Waals surface area contributed by atoms with Crippen LogP contribution in [0.4, 0.5) is 0 Å². The zero-order chi connectivity index (χ0) is 17.0. The normalized spacial score (nSPS) is 22.5. The van der Waals surface area contributed by atoms with Crippen molar-refractivity contribution >= 4 is 23.4 Å². The molecule has 5 nitrogen and oxygen atoms in total. The maximum absolute atomic E-state index is 12.6. The van der Waals surface area contributed by atoms with Crippen LogP contribution in [0.3, 0.4) is 0 Å². The fourth-order valence-corrected chi connectivity index (χ4v) is 3.08. The molecule has 2 amide bonds. The second kappa shape index (κ2) is 7.79. The molecule has 1 aliphatic rings. The highest BCUT2D eigenvalue weighted by atomic mass is 35.5. The Morgan fingerprint density at radius 1 is 1.39 bits per heavy atom. The molecule has 23 heavy (non-hydrogen) atoms. The summed E-state index contributed by atoms with van der Waals surface area (Å²) in [7, 11) is 0. The van der Waals surface area contributed by atoms with Crippen molar-refractivity contribution in [3.8, 4) is 0 Å². The molecule has 0 aromatic heterocycles. The zero-order valence-electron chi connectivity index (χ0n) is 13.6. The van der Waals surface area contributed by atoms with Gasteiger partial charge in [0, 0.05) is 29.7 Å². The van der Waals surface area contributed by atoms with E-state index in [1.54, 1.807) is 31.2 Å². The number of rotatable bonds is 4. The van der Waals surface area contributed by atoms with Crippen LogP contribution in [0.15, 0.2) is 24.3 Å². The molecule has 1 fully saturated rings. The first-order valence-corrected chi connectivity index (χ1v) is 8.37. The summed E-state index contributed by atoms with van der Waals surface area (Å²) in [6.45, 7) is 5.04. The molecular weight excluding hydrogens is 314 g/mol. The number of hydrogen-bond donors (Lipinski definition) is 2. The van der Waals surface area contributed by atoms with E-state index in [2.05, 4.69) is 12.2 Å². The number of hydrogen-bond acceptors (Lipinski definition) is 3. The lowest BCUT2D eigenvalue weighted by molar-refractivity contribution is -0.136. The van der Waals surface area contributed by atoms with E-state index in [9.17, 15) is 9.59 Å². The number of piperidine rings is 1. The Morgan fingerprint density at radius 3 is 2.65 bits per heavy atom. The van der Waals surface area contributed by atoms with Crippen LogP contribution in [0.5, 0.6) is 0 Å². The molecule has 1 saturated heterocycles. The molecule has 0 aliphatic carbocycles. The number of halogens is 1. The SMILES string of the molecule is CC1CCN(C(=O)C(C)NC(=O)c2ccc(Cl)cc2)C(CN)C1. The van der Waals surface area contributed by atoms with E-state index < -0.39 is 6.04 Å². The summed E-state index contributed by atoms with van der Waals surface area (Å²) < 4.78 is 0.